The highest BCUT2D eigenvalue weighted by Crippen LogP contribution is 2.29. The summed E-state index contributed by atoms with van der Waals surface area (Å²) in [6.07, 6.45) is 6.68. The molecule has 1 aliphatic carbocycles. The lowest BCUT2D eigenvalue weighted by Crippen LogP contribution is -2.54. The van der Waals surface area contributed by atoms with Crippen molar-refractivity contribution in [1.82, 2.24) is 10.2 Å². The highest BCUT2D eigenvalue weighted by Gasteiger charge is 2.36. The molecule has 1 fully saturated rings. The molecule has 0 aromatic rings. The van der Waals surface area contributed by atoms with Gasteiger partial charge in [-0.1, -0.05) is 13.8 Å². The molecule has 2 unspecified atom stereocenters. The van der Waals surface area contributed by atoms with E-state index < -0.39 is 11.5 Å². The minimum atomic E-state index is -0.828. The molecule has 1 aliphatic rings. The Morgan fingerprint density at radius 2 is 1.95 bits per heavy atom. The van der Waals surface area contributed by atoms with Crippen LogP contribution in [-0.4, -0.2) is 47.2 Å². The number of nitrogens with zero attached hydrogens (tertiary/aromatic N) is 1. The van der Waals surface area contributed by atoms with Crippen LogP contribution in [0.5, 0.6) is 0 Å². The van der Waals surface area contributed by atoms with E-state index in [2.05, 4.69) is 38.0 Å². The molecule has 1 rings (SSSR count). The van der Waals surface area contributed by atoms with Crippen LogP contribution in [-0.2, 0) is 4.79 Å². The number of hydrogen-bond donors (Lipinski definition) is 2. The Hall–Kier alpha value is -0.610. The first-order valence-corrected chi connectivity index (χ1v) is 8.50. The van der Waals surface area contributed by atoms with Gasteiger partial charge in [0.1, 0.15) is 5.54 Å². The van der Waals surface area contributed by atoms with Gasteiger partial charge in [0.2, 0.25) is 0 Å². The molecule has 2 atom stereocenters. The van der Waals surface area contributed by atoms with Crippen LogP contribution in [0.2, 0.25) is 0 Å². The third-order valence-corrected chi connectivity index (χ3v) is 5.20. The molecule has 0 spiro atoms. The fraction of sp³-hybridized carbons (Fsp3) is 0.941. The number of rotatable bonds is 8. The Kier molecular flexibility index (Phi) is 7.14. The molecule has 0 aromatic carbocycles. The molecule has 4 nitrogen and oxygen atoms in total. The summed E-state index contributed by atoms with van der Waals surface area (Å²) >= 11 is 0. The Bertz CT molecular complexity index is 327. The Balaban J connectivity index is 2.59. The minimum absolute atomic E-state index is 0.272. The van der Waals surface area contributed by atoms with Gasteiger partial charge < -0.3 is 15.3 Å². The second-order valence-corrected chi connectivity index (χ2v) is 7.20. The van der Waals surface area contributed by atoms with Gasteiger partial charge in [0.05, 0.1) is 0 Å². The Morgan fingerprint density at radius 1 is 1.38 bits per heavy atom. The molecule has 124 valence electrons. The van der Waals surface area contributed by atoms with Crippen molar-refractivity contribution >= 4 is 5.97 Å². The van der Waals surface area contributed by atoms with E-state index in [0.717, 1.165) is 18.9 Å². The summed E-state index contributed by atoms with van der Waals surface area (Å²) in [7, 11) is 2.16. The Labute approximate surface area is 130 Å². The molecular formula is C17H34N2O2. The third kappa shape index (κ3) is 5.26. The van der Waals surface area contributed by atoms with Gasteiger partial charge in [0, 0.05) is 12.1 Å². The SMILES string of the molecule is CCCNC(C)(CC(C)N(C)C1CCC(C)CC1)C(=O)O. The van der Waals surface area contributed by atoms with E-state index >= 15 is 0 Å². The summed E-state index contributed by atoms with van der Waals surface area (Å²) in [5.41, 5.74) is -0.828. The second-order valence-electron chi connectivity index (χ2n) is 7.20. The molecule has 1 saturated carbocycles. The predicted molar refractivity (Wildman–Crippen MR) is 87.6 cm³/mol. The monoisotopic (exact) mass is 298 g/mol. The fourth-order valence-corrected chi connectivity index (χ4v) is 3.38. The standard InChI is InChI=1S/C17H34N2O2/c1-6-11-18-17(4,16(20)21)12-14(3)19(5)15-9-7-13(2)8-10-15/h13-15,18H,6-12H2,1-5H3,(H,20,21). The van der Waals surface area contributed by atoms with Gasteiger partial charge in [-0.2, -0.15) is 0 Å². The van der Waals surface area contributed by atoms with Gasteiger partial charge >= 0.3 is 5.97 Å². The normalized spacial score (nSPS) is 27.3. The zero-order valence-electron chi connectivity index (χ0n) is 14.5. The highest BCUT2D eigenvalue weighted by atomic mass is 16.4. The molecule has 0 aromatic heterocycles. The predicted octanol–water partition coefficient (Wildman–Crippen LogP) is 3.12. The van der Waals surface area contributed by atoms with E-state index in [1.54, 1.807) is 0 Å². The van der Waals surface area contributed by atoms with E-state index in [9.17, 15) is 9.90 Å². The number of carbonyl (C=O) groups is 1. The highest BCUT2D eigenvalue weighted by molar-refractivity contribution is 5.78. The van der Waals surface area contributed by atoms with Crippen molar-refractivity contribution in [1.29, 1.82) is 0 Å². The minimum Gasteiger partial charge on any atom is -0.480 e. The van der Waals surface area contributed by atoms with Crippen LogP contribution in [0.4, 0.5) is 0 Å². The summed E-state index contributed by atoms with van der Waals surface area (Å²) in [5.74, 6) is 0.105. The average Bonchev–Trinajstić information content (AvgIpc) is 2.45. The molecule has 21 heavy (non-hydrogen) atoms. The van der Waals surface area contributed by atoms with Crippen LogP contribution in [0.25, 0.3) is 0 Å². The molecule has 0 heterocycles. The van der Waals surface area contributed by atoms with Crippen molar-refractivity contribution in [3.05, 3.63) is 0 Å². The van der Waals surface area contributed by atoms with Gasteiger partial charge in [-0.3, -0.25) is 4.79 Å². The maximum absolute atomic E-state index is 11.6. The van der Waals surface area contributed by atoms with E-state index in [-0.39, 0.29) is 6.04 Å². The van der Waals surface area contributed by atoms with E-state index in [1.165, 1.54) is 25.7 Å². The number of hydrogen-bond acceptors (Lipinski definition) is 3. The van der Waals surface area contributed by atoms with Gasteiger partial charge in [-0.05, 0) is 71.9 Å². The number of nitrogens with one attached hydrogen (secondary N) is 1. The summed E-state index contributed by atoms with van der Waals surface area (Å²) in [5, 5.41) is 12.8. The summed E-state index contributed by atoms with van der Waals surface area (Å²) in [4.78, 5) is 14.0. The quantitative estimate of drug-likeness (QED) is 0.723. The van der Waals surface area contributed by atoms with Crippen LogP contribution >= 0.6 is 0 Å². The van der Waals surface area contributed by atoms with Gasteiger partial charge in [0.15, 0.2) is 0 Å². The van der Waals surface area contributed by atoms with Crippen molar-refractivity contribution in [2.24, 2.45) is 5.92 Å². The van der Waals surface area contributed by atoms with Crippen LogP contribution in [0.1, 0.15) is 66.2 Å². The topological polar surface area (TPSA) is 52.6 Å². The molecule has 0 saturated heterocycles. The van der Waals surface area contributed by atoms with Crippen LogP contribution in [0, 0.1) is 5.92 Å². The first-order chi connectivity index (χ1) is 9.80. The van der Waals surface area contributed by atoms with E-state index in [0.29, 0.717) is 12.5 Å². The molecule has 0 radical (unpaired) electrons. The van der Waals surface area contributed by atoms with Gasteiger partial charge in [0.25, 0.3) is 0 Å². The Morgan fingerprint density at radius 3 is 2.43 bits per heavy atom. The zero-order valence-corrected chi connectivity index (χ0v) is 14.5. The lowest BCUT2D eigenvalue weighted by atomic mass is 9.85. The molecule has 4 heteroatoms. The lowest BCUT2D eigenvalue weighted by molar-refractivity contribution is -0.145. The maximum Gasteiger partial charge on any atom is 0.323 e. The number of carboxylic acids is 1. The molecule has 0 amide bonds. The van der Waals surface area contributed by atoms with Crippen LogP contribution in [0.15, 0.2) is 0 Å². The zero-order chi connectivity index (χ0) is 16.0. The number of carboxylic acid groups (broad SMARTS) is 1. The van der Waals surface area contributed by atoms with Crippen molar-refractivity contribution < 1.29 is 9.90 Å². The second kappa shape index (κ2) is 8.14. The lowest BCUT2D eigenvalue weighted by Gasteiger charge is -2.40. The average molecular weight is 298 g/mol. The van der Waals surface area contributed by atoms with Gasteiger partial charge in [-0.25, -0.2) is 0 Å². The number of aliphatic carboxylic acids is 1. The maximum atomic E-state index is 11.6. The summed E-state index contributed by atoms with van der Waals surface area (Å²) in [6.45, 7) is 9.12. The van der Waals surface area contributed by atoms with Crippen molar-refractivity contribution in [3.63, 3.8) is 0 Å². The molecule has 2 N–H and O–H groups in total. The first-order valence-electron chi connectivity index (χ1n) is 8.50. The largest absolute Gasteiger partial charge is 0.480 e. The first kappa shape index (κ1) is 18.4. The summed E-state index contributed by atoms with van der Waals surface area (Å²) in [6, 6.07) is 0.884. The van der Waals surface area contributed by atoms with Crippen LogP contribution in [0.3, 0.4) is 0 Å². The van der Waals surface area contributed by atoms with Crippen molar-refractivity contribution in [2.75, 3.05) is 13.6 Å². The van der Waals surface area contributed by atoms with E-state index in [1.807, 2.05) is 6.92 Å². The molecule has 0 aliphatic heterocycles. The van der Waals surface area contributed by atoms with Crippen molar-refractivity contribution in [2.45, 2.75) is 83.8 Å². The van der Waals surface area contributed by atoms with Gasteiger partial charge in [-0.15, -0.1) is 0 Å². The smallest absolute Gasteiger partial charge is 0.323 e. The molecular weight excluding hydrogens is 264 g/mol. The fourth-order valence-electron chi connectivity index (χ4n) is 3.38. The summed E-state index contributed by atoms with van der Waals surface area (Å²) < 4.78 is 0. The molecule has 0 bridgehead atoms. The van der Waals surface area contributed by atoms with Crippen LogP contribution < -0.4 is 5.32 Å². The third-order valence-electron chi connectivity index (χ3n) is 5.20. The van der Waals surface area contributed by atoms with Crippen molar-refractivity contribution in [3.8, 4) is 0 Å². The van der Waals surface area contributed by atoms with E-state index in [4.69, 9.17) is 0 Å².